The van der Waals surface area contributed by atoms with Crippen LogP contribution < -0.4 is 11.1 Å². The van der Waals surface area contributed by atoms with Gasteiger partial charge in [0.1, 0.15) is 6.04 Å². The molecule has 1 rings (SSSR count). The number of nitrogens with one attached hydrogen (secondary N) is 1. The maximum atomic E-state index is 11.2. The summed E-state index contributed by atoms with van der Waals surface area (Å²) in [6, 6.07) is -0.558. The fourth-order valence-corrected chi connectivity index (χ4v) is 1.31. The van der Waals surface area contributed by atoms with E-state index in [1.165, 1.54) is 7.11 Å². The van der Waals surface area contributed by atoms with Crippen LogP contribution in [0.1, 0.15) is 12.6 Å². The number of hydrogen-bond donors (Lipinski definition) is 2. The van der Waals surface area contributed by atoms with Gasteiger partial charge in [-0.05, 0) is 25.4 Å². The maximum Gasteiger partial charge on any atom is 0.328 e. The van der Waals surface area contributed by atoms with Gasteiger partial charge in [-0.25, -0.2) is 9.78 Å². The molecule has 1 unspecified atom stereocenters. The molecular weight excluding hydrogens is 232 g/mol. The lowest BCUT2D eigenvalue weighted by atomic mass is 10.3. The molecule has 1 heterocycles. The highest BCUT2D eigenvalue weighted by Gasteiger charge is 2.16. The zero-order valence-electron chi connectivity index (χ0n) is 9.24. The van der Waals surface area contributed by atoms with E-state index in [0.29, 0.717) is 17.2 Å². The van der Waals surface area contributed by atoms with Gasteiger partial charge in [-0.1, -0.05) is 0 Å². The molecule has 1 atom stereocenters. The number of aryl methyl sites for hydroxylation is 1. The number of anilines is 2. The minimum absolute atomic E-state index is 0.0752. The summed E-state index contributed by atoms with van der Waals surface area (Å²) < 4.78 is 4.57. The Morgan fingerprint density at radius 3 is 2.75 bits per heavy atom. The summed E-state index contributed by atoms with van der Waals surface area (Å²) >= 11 is 5.69. The molecule has 0 bridgehead atoms. The van der Waals surface area contributed by atoms with Crippen molar-refractivity contribution < 1.29 is 9.53 Å². The Kier molecular flexibility index (Phi) is 3.89. The standard InChI is InChI=1S/C9H13ClN4O2/c1-4-6(11)7(14-9(10)13-4)12-5(2)8(15)16-3/h5H,11H2,1-3H3,(H,12,13,14). The van der Waals surface area contributed by atoms with Gasteiger partial charge in [0.05, 0.1) is 18.5 Å². The summed E-state index contributed by atoms with van der Waals surface area (Å²) in [4.78, 5) is 19.0. The third-order valence-corrected chi connectivity index (χ3v) is 2.19. The summed E-state index contributed by atoms with van der Waals surface area (Å²) in [6.45, 7) is 3.34. The number of carbonyl (C=O) groups is 1. The molecule has 3 N–H and O–H groups in total. The third-order valence-electron chi connectivity index (χ3n) is 2.02. The lowest BCUT2D eigenvalue weighted by molar-refractivity contribution is -0.141. The first-order chi connectivity index (χ1) is 7.45. The number of methoxy groups -OCH3 is 1. The Morgan fingerprint density at radius 1 is 1.56 bits per heavy atom. The van der Waals surface area contributed by atoms with E-state index >= 15 is 0 Å². The van der Waals surface area contributed by atoms with Gasteiger partial charge in [-0.2, -0.15) is 4.98 Å². The number of rotatable bonds is 3. The number of nitrogen functional groups attached to an aromatic ring is 1. The molecule has 7 heteroatoms. The van der Waals surface area contributed by atoms with Crippen molar-refractivity contribution in [2.45, 2.75) is 19.9 Å². The van der Waals surface area contributed by atoms with Gasteiger partial charge in [0.15, 0.2) is 5.82 Å². The predicted molar refractivity (Wildman–Crippen MR) is 61.3 cm³/mol. The minimum Gasteiger partial charge on any atom is -0.467 e. The predicted octanol–water partition coefficient (Wildman–Crippen LogP) is 0.994. The molecule has 0 aromatic carbocycles. The van der Waals surface area contributed by atoms with E-state index in [9.17, 15) is 4.79 Å². The van der Waals surface area contributed by atoms with E-state index < -0.39 is 12.0 Å². The molecule has 0 amide bonds. The van der Waals surface area contributed by atoms with Crippen LogP contribution in [0, 0.1) is 6.92 Å². The fraction of sp³-hybridized carbons (Fsp3) is 0.444. The maximum absolute atomic E-state index is 11.2. The Hall–Kier alpha value is -1.56. The first-order valence-corrected chi connectivity index (χ1v) is 4.97. The summed E-state index contributed by atoms with van der Waals surface area (Å²) in [5.74, 6) is -0.0813. The number of aromatic nitrogens is 2. The highest BCUT2D eigenvalue weighted by Crippen LogP contribution is 2.21. The topological polar surface area (TPSA) is 90.1 Å². The molecule has 6 nitrogen and oxygen atoms in total. The molecular formula is C9H13ClN4O2. The number of esters is 1. The summed E-state index contributed by atoms with van der Waals surface area (Å²) in [6.07, 6.45) is 0. The molecule has 0 fully saturated rings. The molecule has 0 aliphatic rings. The number of nitrogens with two attached hydrogens (primary N) is 1. The van der Waals surface area contributed by atoms with Crippen molar-refractivity contribution in [2.75, 3.05) is 18.2 Å². The van der Waals surface area contributed by atoms with Crippen molar-refractivity contribution in [3.05, 3.63) is 11.0 Å². The second-order valence-electron chi connectivity index (χ2n) is 3.23. The van der Waals surface area contributed by atoms with Gasteiger partial charge >= 0.3 is 5.97 Å². The number of carbonyl (C=O) groups excluding carboxylic acids is 1. The Morgan fingerprint density at radius 2 is 2.19 bits per heavy atom. The van der Waals surface area contributed by atoms with Gasteiger partial charge in [-0.3, -0.25) is 0 Å². The summed E-state index contributed by atoms with van der Waals surface area (Å²) in [7, 11) is 1.31. The van der Waals surface area contributed by atoms with Gasteiger partial charge < -0.3 is 15.8 Å². The second-order valence-corrected chi connectivity index (χ2v) is 3.57. The highest BCUT2D eigenvalue weighted by atomic mass is 35.5. The second kappa shape index (κ2) is 4.98. The number of hydrogen-bond acceptors (Lipinski definition) is 6. The summed E-state index contributed by atoms with van der Waals surface area (Å²) in [5.41, 5.74) is 6.66. The van der Waals surface area contributed by atoms with Crippen LogP contribution >= 0.6 is 11.6 Å². The Balaban J connectivity index is 2.93. The number of halogens is 1. The molecule has 1 aromatic heterocycles. The van der Waals surface area contributed by atoms with Gasteiger partial charge in [-0.15, -0.1) is 0 Å². The number of nitrogens with zero attached hydrogens (tertiary/aromatic N) is 2. The molecule has 0 saturated carbocycles. The molecule has 88 valence electrons. The van der Waals surface area contributed by atoms with Crippen LogP contribution in [0.15, 0.2) is 0 Å². The zero-order chi connectivity index (χ0) is 12.3. The van der Waals surface area contributed by atoms with Gasteiger partial charge in [0.2, 0.25) is 5.28 Å². The van der Waals surface area contributed by atoms with Crippen LogP contribution in [-0.4, -0.2) is 29.1 Å². The first kappa shape index (κ1) is 12.5. The van der Waals surface area contributed by atoms with E-state index in [1.54, 1.807) is 13.8 Å². The molecule has 0 saturated heterocycles. The van der Waals surface area contributed by atoms with Gasteiger partial charge in [0.25, 0.3) is 0 Å². The average molecular weight is 245 g/mol. The molecule has 16 heavy (non-hydrogen) atoms. The van der Waals surface area contributed by atoms with Crippen LogP contribution in [0.4, 0.5) is 11.5 Å². The monoisotopic (exact) mass is 244 g/mol. The number of ether oxygens (including phenoxy) is 1. The van der Waals surface area contributed by atoms with Crippen LogP contribution in [0.3, 0.4) is 0 Å². The molecule has 1 aromatic rings. The summed E-state index contributed by atoms with van der Waals surface area (Å²) in [5, 5.41) is 2.88. The molecule has 0 aliphatic heterocycles. The molecule has 0 radical (unpaired) electrons. The third kappa shape index (κ3) is 2.73. The highest BCUT2D eigenvalue weighted by molar-refractivity contribution is 6.28. The Labute approximate surface area is 98.2 Å². The smallest absolute Gasteiger partial charge is 0.328 e. The van der Waals surface area contributed by atoms with Crippen LogP contribution in [0.5, 0.6) is 0 Å². The van der Waals surface area contributed by atoms with Crippen molar-refractivity contribution in [2.24, 2.45) is 0 Å². The average Bonchev–Trinajstić information content (AvgIpc) is 2.23. The van der Waals surface area contributed by atoms with E-state index in [0.717, 1.165) is 0 Å². The van der Waals surface area contributed by atoms with Crippen molar-refractivity contribution in [3.63, 3.8) is 0 Å². The van der Waals surface area contributed by atoms with E-state index in [4.69, 9.17) is 17.3 Å². The molecule has 0 aliphatic carbocycles. The quantitative estimate of drug-likeness (QED) is 0.609. The van der Waals surface area contributed by atoms with Crippen LogP contribution in [-0.2, 0) is 9.53 Å². The first-order valence-electron chi connectivity index (χ1n) is 4.59. The fourth-order valence-electron chi connectivity index (χ4n) is 1.10. The SMILES string of the molecule is COC(=O)C(C)Nc1nc(Cl)nc(C)c1N. The van der Waals surface area contributed by atoms with Crippen molar-refractivity contribution in [3.8, 4) is 0 Å². The van der Waals surface area contributed by atoms with E-state index in [2.05, 4.69) is 20.0 Å². The lowest BCUT2D eigenvalue weighted by Gasteiger charge is -2.14. The molecule has 0 spiro atoms. The normalized spacial score (nSPS) is 12.0. The van der Waals surface area contributed by atoms with Gasteiger partial charge in [0, 0.05) is 0 Å². The van der Waals surface area contributed by atoms with Crippen molar-refractivity contribution in [1.29, 1.82) is 0 Å². The van der Waals surface area contributed by atoms with E-state index in [-0.39, 0.29) is 5.28 Å². The van der Waals surface area contributed by atoms with Crippen LogP contribution in [0.2, 0.25) is 5.28 Å². The van der Waals surface area contributed by atoms with E-state index in [1.807, 2.05) is 0 Å². The van der Waals surface area contributed by atoms with Crippen LogP contribution in [0.25, 0.3) is 0 Å². The van der Waals surface area contributed by atoms with Crippen molar-refractivity contribution >= 4 is 29.1 Å². The Bertz CT molecular complexity index is 411. The lowest BCUT2D eigenvalue weighted by Crippen LogP contribution is -2.28. The minimum atomic E-state index is -0.558. The van der Waals surface area contributed by atoms with Crippen molar-refractivity contribution in [1.82, 2.24) is 9.97 Å². The largest absolute Gasteiger partial charge is 0.467 e. The zero-order valence-corrected chi connectivity index (χ0v) is 10.00.